The lowest BCUT2D eigenvalue weighted by atomic mass is 9.86. The predicted molar refractivity (Wildman–Crippen MR) is 85.3 cm³/mol. The van der Waals surface area contributed by atoms with Crippen molar-refractivity contribution >= 4 is 6.29 Å². The van der Waals surface area contributed by atoms with E-state index in [-0.39, 0.29) is 11.3 Å². The van der Waals surface area contributed by atoms with Gasteiger partial charge in [0.25, 0.3) is 0 Å². The lowest BCUT2D eigenvalue weighted by Gasteiger charge is -2.19. The molecule has 0 amide bonds. The van der Waals surface area contributed by atoms with Crippen molar-refractivity contribution in [1.82, 2.24) is 0 Å². The van der Waals surface area contributed by atoms with Crippen LogP contribution in [0.3, 0.4) is 0 Å². The number of carbonyl (C=O) groups is 1. The number of hydrogen-bond acceptors (Lipinski definition) is 1. The average molecular weight is 272 g/mol. The molecule has 1 nitrogen and oxygen atoms in total. The molecule has 0 bridgehead atoms. The first-order valence-electron chi connectivity index (χ1n) is 7.96. The Labute approximate surface area is 123 Å². The van der Waals surface area contributed by atoms with Crippen LogP contribution in [0.5, 0.6) is 0 Å². The molecule has 0 unspecified atom stereocenters. The first-order valence-corrected chi connectivity index (χ1v) is 7.96. The van der Waals surface area contributed by atoms with Crippen molar-refractivity contribution in [3.63, 3.8) is 0 Å². The fraction of sp³-hybridized carbons (Fsp3) is 0.632. The maximum Gasteiger partial charge on any atom is 0.124 e. The monoisotopic (exact) mass is 272 g/mol. The van der Waals surface area contributed by atoms with Gasteiger partial charge in [0.15, 0.2) is 0 Å². The second-order valence-electron chi connectivity index (χ2n) is 7.16. The largest absolute Gasteiger partial charge is 0.303 e. The zero-order chi connectivity index (χ0) is 15.1. The third-order valence-corrected chi connectivity index (χ3v) is 5.31. The molecule has 0 aliphatic heterocycles. The molecule has 1 fully saturated rings. The van der Waals surface area contributed by atoms with Crippen molar-refractivity contribution < 1.29 is 4.79 Å². The Morgan fingerprint density at radius 1 is 1.10 bits per heavy atom. The summed E-state index contributed by atoms with van der Waals surface area (Å²) < 4.78 is 0. The summed E-state index contributed by atoms with van der Waals surface area (Å²) in [6, 6.07) is 7.01. The predicted octanol–water partition coefficient (Wildman–Crippen LogP) is 5.05. The van der Waals surface area contributed by atoms with Crippen LogP contribution in [-0.4, -0.2) is 6.29 Å². The highest BCUT2D eigenvalue weighted by Crippen LogP contribution is 2.60. The second-order valence-corrected chi connectivity index (χ2v) is 7.16. The lowest BCUT2D eigenvalue weighted by Crippen LogP contribution is -2.09. The maximum absolute atomic E-state index is 11.4. The summed E-state index contributed by atoms with van der Waals surface area (Å²) in [5, 5.41) is 0. The van der Waals surface area contributed by atoms with Crippen LogP contribution in [0.25, 0.3) is 0 Å². The first-order chi connectivity index (χ1) is 9.36. The Bertz CT molecular complexity index is 474. The standard InChI is InChI=1S/C19H28O/c1-7-17-18(11-20)19(17,6)16-9-14(12(2)3)8-15(10-16)13(4)5/h8-13,17-18H,7H2,1-6H3/t17-,18+,19-/m0/s1. The fourth-order valence-electron chi connectivity index (χ4n) is 3.61. The fourth-order valence-corrected chi connectivity index (χ4v) is 3.61. The molecular weight excluding hydrogens is 244 g/mol. The summed E-state index contributed by atoms with van der Waals surface area (Å²) in [7, 11) is 0. The third-order valence-electron chi connectivity index (χ3n) is 5.31. The minimum absolute atomic E-state index is 0.0606. The van der Waals surface area contributed by atoms with Gasteiger partial charge in [-0.3, -0.25) is 0 Å². The molecular formula is C19H28O. The number of benzene rings is 1. The molecule has 1 saturated carbocycles. The SMILES string of the molecule is CC[C@H]1[C@@H](C=O)[C@@]1(C)c1cc(C(C)C)cc(C(C)C)c1. The van der Waals surface area contributed by atoms with Gasteiger partial charge in [0.2, 0.25) is 0 Å². The van der Waals surface area contributed by atoms with Gasteiger partial charge in [0.05, 0.1) is 0 Å². The molecule has 0 spiro atoms. The molecule has 110 valence electrons. The molecule has 0 N–H and O–H groups in total. The van der Waals surface area contributed by atoms with Crippen LogP contribution in [0.15, 0.2) is 18.2 Å². The van der Waals surface area contributed by atoms with E-state index in [1.807, 2.05) is 0 Å². The van der Waals surface area contributed by atoms with Crippen molar-refractivity contribution in [2.24, 2.45) is 11.8 Å². The zero-order valence-corrected chi connectivity index (χ0v) is 13.7. The van der Waals surface area contributed by atoms with Gasteiger partial charge in [-0.1, -0.05) is 66.2 Å². The van der Waals surface area contributed by atoms with Gasteiger partial charge in [-0.15, -0.1) is 0 Å². The highest BCUT2D eigenvalue weighted by atomic mass is 16.1. The molecule has 0 heterocycles. The van der Waals surface area contributed by atoms with Crippen molar-refractivity contribution in [3.8, 4) is 0 Å². The second kappa shape index (κ2) is 5.35. The van der Waals surface area contributed by atoms with Crippen molar-refractivity contribution in [3.05, 3.63) is 34.9 Å². The summed E-state index contributed by atoms with van der Waals surface area (Å²) in [5.74, 6) is 1.78. The van der Waals surface area contributed by atoms with E-state index < -0.39 is 0 Å². The van der Waals surface area contributed by atoms with E-state index in [1.165, 1.54) is 23.0 Å². The molecule has 1 aromatic carbocycles. The van der Waals surface area contributed by atoms with E-state index in [0.717, 1.165) is 6.42 Å². The van der Waals surface area contributed by atoms with Gasteiger partial charge < -0.3 is 4.79 Å². The van der Waals surface area contributed by atoms with Crippen LogP contribution in [0.1, 0.15) is 76.5 Å². The van der Waals surface area contributed by atoms with Crippen LogP contribution >= 0.6 is 0 Å². The molecule has 0 aromatic heterocycles. The Morgan fingerprint density at radius 2 is 1.60 bits per heavy atom. The van der Waals surface area contributed by atoms with Crippen LogP contribution in [0, 0.1) is 11.8 Å². The molecule has 0 saturated heterocycles. The third kappa shape index (κ3) is 2.32. The Morgan fingerprint density at radius 3 is 1.90 bits per heavy atom. The molecule has 1 aromatic rings. The Kier molecular flexibility index (Phi) is 4.09. The van der Waals surface area contributed by atoms with Gasteiger partial charge in [-0.05, 0) is 34.4 Å². The van der Waals surface area contributed by atoms with Crippen LogP contribution in [-0.2, 0) is 10.2 Å². The van der Waals surface area contributed by atoms with Gasteiger partial charge in [0, 0.05) is 11.3 Å². The summed E-state index contributed by atoms with van der Waals surface area (Å²) in [6.45, 7) is 13.4. The highest BCUT2D eigenvalue weighted by Gasteiger charge is 2.60. The van der Waals surface area contributed by atoms with E-state index in [1.54, 1.807) is 0 Å². The van der Waals surface area contributed by atoms with Gasteiger partial charge in [0.1, 0.15) is 6.29 Å². The first kappa shape index (κ1) is 15.3. The smallest absolute Gasteiger partial charge is 0.124 e. The summed E-state index contributed by atoms with van der Waals surface area (Å²) in [5.41, 5.74) is 4.24. The number of carbonyl (C=O) groups excluding carboxylic acids is 1. The van der Waals surface area contributed by atoms with E-state index in [4.69, 9.17) is 0 Å². The minimum atomic E-state index is 0.0606. The van der Waals surface area contributed by atoms with E-state index >= 15 is 0 Å². The van der Waals surface area contributed by atoms with Crippen molar-refractivity contribution in [2.45, 2.75) is 65.2 Å². The van der Waals surface area contributed by atoms with Gasteiger partial charge in [-0.25, -0.2) is 0 Å². The zero-order valence-electron chi connectivity index (χ0n) is 13.7. The Hall–Kier alpha value is -1.11. The van der Waals surface area contributed by atoms with Crippen LogP contribution in [0.2, 0.25) is 0 Å². The molecule has 1 aliphatic rings. The van der Waals surface area contributed by atoms with Crippen LogP contribution < -0.4 is 0 Å². The van der Waals surface area contributed by atoms with E-state index in [9.17, 15) is 4.79 Å². The Balaban J connectivity index is 2.49. The normalized spacial score (nSPS) is 29.0. The van der Waals surface area contributed by atoms with Crippen molar-refractivity contribution in [2.75, 3.05) is 0 Å². The molecule has 3 atom stereocenters. The molecule has 1 aliphatic carbocycles. The summed E-state index contributed by atoms with van der Waals surface area (Å²) in [6.07, 6.45) is 2.26. The maximum atomic E-state index is 11.4. The minimum Gasteiger partial charge on any atom is -0.303 e. The molecule has 1 heteroatoms. The molecule has 2 rings (SSSR count). The van der Waals surface area contributed by atoms with Gasteiger partial charge in [-0.2, -0.15) is 0 Å². The average Bonchev–Trinajstić information content (AvgIpc) is 3.03. The lowest BCUT2D eigenvalue weighted by molar-refractivity contribution is -0.109. The van der Waals surface area contributed by atoms with E-state index in [2.05, 4.69) is 59.7 Å². The summed E-state index contributed by atoms with van der Waals surface area (Å²) >= 11 is 0. The van der Waals surface area contributed by atoms with Crippen molar-refractivity contribution in [1.29, 1.82) is 0 Å². The highest BCUT2D eigenvalue weighted by molar-refractivity contribution is 5.66. The quantitative estimate of drug-likeness (QED) is 0.686. The molecule has 0 radical (unpaired) electrons. The van der Waals surface area contributed by atoms with Gasteiger partial charge >= 0.3 is 0 Å². The van der Waals surface area contributed by atoms with E-state index in [0.29, 0.717) is 17.8 Å². The number of aldehydes is 1. The number of rotatable bonds is 5. The topological polar surface area (TPSA) is 17.1 Å². The number of hydrogen-bond donors (Lipinski definition) is 0. The molecule has 20 heavy (non-hydrogen) atoms. The summed E-state index contributed by atoms with van der Waals surface area (Å²) in [4.78, 5) is 11.4. The van der Waals surface area contributed by atoms with Crippen LogP contribution in [0.4, 0.5) is 0 Å².